The summed E-state index contributed by atoms with van der Waals surface area (Å²) in [7, 11) is 0. The topological polar surface area (TPSA) is 104 Å². The smallest absolute Gasteiger partial charge is 0.255 e. The van der Waals surface area contributed by atoms with Crippen LogP contribution in [0.4, 0.5) is 0 Å². The quantitative estimate of drug-likeness (QED) is 0.796. The molecule has 0 aromatic carbocycles. The third-order valence-electron chi connectivity index (χ3n) is 3.93. The minimum Gasteiger partial charge on any atom is -0.474 e. The molecule has 6 nitrogen and oxygen atoms in total. The minimum atomic E-state index is -0.565. The zero-order chi connectivity index (χ0) is 12.8. The highest BCUT2D eigenvalue weighted by Crippen LogP contribution is 2.56. The summed E-state index contributed by atoms with van der Waals surface area (Å²) < 4.78 is 5.72. The third kappa shape index (κ3) is 1.82. The molecule has 18 heavy (non-hydrogen) atoms. The fraction of sp³-hybridized carbons (Fsp3) is 0.583. The molecular weight excluding hydrogens is 232 g/mol. The second-order valence-corrected chi connectivity index (χ2v) is 5.42. The molecule has 1 spiro atoms. The van der Waals surface area contributed by atoms with Crippen LogP contribution in [0, 0.1) is 5.41 Å². The Morgan fingerprint density at radius 2 is 2.11 bits per heavy atom. The van der Waals surface area contributed by atoms with Crippen molar-refractivity contribution in [3.63, 3.8) is 0 Å². The standard InChI is InChI=1S/C12H16N4O2/c13-7-1-12(2-7)3-8(4-12)18-11-9(10(14)17)5-15-6-16-11/h5-8H,1-4,13H2,(H2,14,17). The maximum absolute atomic E-state index is 11.2. The number of aromatic nitrogens is 2. The van der Waals surface area contributed by atoms with E-state index in [2.05, 4.69) is 9.97 Å². The summed E-state index contributed by atoms with van der Waals surface area (Å²) in [4.78, 5) is 18.9. The van der Waals surface area contributed by atoms with Crippen LogP contribution in [0.2, 0.25) is 0 Å². The van der Waals surface area contributed by atoms with Gasteiger partial charge in [0.25, 0.3) is 5.91 Å². The van der Waals surface area contributed by atoms with Crippen molar-refractivity contribution in [1.82, 2.24) is 9.97 Å². The first-order valence-electron chi connectivity index (χ1n) is 6.10. The average Bonchev–Trinajstić information content (AvgIpc) is 2.24. The zero-order valence-corrected chi connectivity index (χ0v) is 10.0. The summed E-state index contributed by atoms with van der Waals surface area (Å²) in [6.45, 7) is 0. The fourth-order valence-electron chi connectivity index (χ4n) is 3.11. The van der Waals surface area contributed by atoms with Crippen molar-refractivity contribution < 1.29 is 9.53 Å². The molecule has 0 radical (unpaired) electrons. The van der Waals surface area contributed by atoms with Gasteiger partial charge in [0.2, 0.25) is 5.88 Å². The Bertz CT molecular complexity index is 477. The van der Waals surface area contributed by atoms with Crippen LogP contribution in [0.1, 0.15) is 36.0 Å². The molecule has 1 heterocycles. The van der Waals surface area contributed by atoms with Crippen LogP contribution in [0.3, 0.4) is 0 Å². The van der Waals surface area contributed by atoms with Crippen LogP contribution < -0.4 is 16.2 Å². The molecule has 0 unspecified atom stereocenters. The first-order chi connectivity index (χ1) is 8.58. The van der Waals surface area contributed by atoms with Crippen molar-refractivity contribution in [2.75, 3.05) is 0 Å². The lowest BCUT2D eigenvalue weighted by Crippen LogP contribution is -2.56. The Hall–Kier alpha value is -1.69. The maximum Gasteiger partial charge on any atom is 0.255 e. The van der Waals surface area contributed by atoms with Crippen LogP contribution >= 0.6 is 0 Å². The highest BCUT2D eigenvalue weighted by Gasteiger charge is 2.53. The molecule has 4 N–H and O–H groups in total. The van der Waals surface area contributed by atoms with Crippen LogP contribution in [0.25, 0.3) is 0 Å². The van der Waals surface area contributed by atoms with Gasteiger partial charge in [-0.25, -0.2) is 9.97 Å². The van der Waals surface area contributed by atoms with Gasteiger partial charge in [-0.1, -0.05) is 0 Å². The van der Waals surface area contributed by atoms with Crippen molar-refractivity contribution in [2.24, 2.45) is 16.9 Å². The number of carbonyl (C=O) groups is 1. The van der Waals surface area contributed by atoms with E-state index < -0.39 is 5.91 Å². The van der Waals surface area contributed by atoms with Crippen molar-refractivity contribution >= 4 is 5.91 Å². The minimum absolute atomic E-state index is 0.116. The summed E-state index contributed by atoms with van der Waals surface area (Å²) in [5.74, 6) is -0.272. The van der Waals surface area contributed by atoms with Gasteiger partial charge in [-0.15, -0.1) is 0 Å². The molecule has 3 rings (SSSR count). The molecular formula is C12H16N4O2. The average molecular weight is 248 g/mol. The Morgan fingerprint density at radius 3 is 2.72 bits per heavy atom. The SMILES string of the molecule is NC(=O)c1cncnc1OC1CC2(CC(N)C2)C1. The number of carbonyl (C=O) groups excluding carboxylic acids is 1. The Balaban J connectivity index is 1.63. The molecule has 1 amide bonds. The summed E-state index contributed by atoms with van der Waals surface area (Å²) in [6, 6.07) is 0.353. The van der Waals surface area contributed by atoms with Gasteiger partial charge in [0.05, 0.1) is 0 Å². The van der Waals surface area contributed by atoms with E-state index in [1.807, 2.05) is 0 Å². The number of amides is 1. The van der Waals surface area contributed by atoms with E-state index in [1.54, 1.807) is 0 Å². The predicted molar refractivity (Wildman–Crippen MR) is 63.8 cm³/mol. The lowest BCUT2D eigenvalue weighted by molar-refractivity contribution is -0.0797. The Morgan fingerprint density at radius 1 is 1.39 bits per heavy atom. The van der Waals surface area contributed by atoms with Crippen LogP contribution in [0.5, 0.6) is 5.88 Å². The largest absolute Gasteiger partial charge is 0.474 e. The lowest BCUT2D eigenvalue weighted by atomic mass is 9.53. The van der Waals surface area contributed by atoms with E-state index in [4.69, 9.17) is 16.2 Å². The first kappa shape index (κ1) is 11.4. The van der Waals surface area contributed by atoms with Crippen LogP contribution in [-0.4, -0.2) is 28.0 Å². The second kappa shape index (κ2) is 3.91. The molecule has 0 atom stereocenters. The number of hydrogen-bond acceptors (Lipinski definition) is 5. The number of nitrogens with zero attached hydrogens (tertiary/aromatic N) is 2. The van der Waals surface area contributed by atoms with E-state index in [1.165, 1.54) is 12.5 Å². The fourth-order valence-corrected chi connectivity index (χ4v) is 3.11. The monoisotopic (exact) mass is 248 g/mol. The summed E-state index contributed by atoms with van der Waals surface area (Å²) in [6.07, 6.45) is 7.00. The molecule has 0 aliphatic heterocycles. The van der Waals surface area contributed by atoms with E-state index >= 15 is 0 Å². The van der Waals surface area contributed by atoms with E-state index in [9.17, 15) is 4.79 Å². The van der Waals surface area contributed by atoms with Gasteiger partial charge in [-0.2, -0.15) is 0 Å². The molecule has 1 aromatic rings. The van der Waals surface area contributed by atoms with E-state index in [-0.39, 0.29) is 11.7 Å². The number of primary amides is 1. The Labute approximate surface area is 105 Å². The van der Waals surface area contributed by atoms with E-state index in [0.29, 0.717) is 17.3 Å². The Kier molecular flexibility index (Phi) is 2.48. The molecule has 2 saturated carbocycles. The third-order valence-corrected chi connectivity index (χ3v) is 3.93. The van der Waals surface area contributed by atoms with Gasteiger partial charge in [0, 0.05) is 12.2 Å². The van der Waals surface area contributed by atoms with E-state index in [0.717, 1.165) is 25.7 Å². The van der Waals surface area contributed by atoms with Gasteiger partial charge in [0.1, 0.15) is 18.0 Å². The summed E-state index contributed by atoms with van der Waals surface area (Å²) in [5, 5.41) is 0. The zero-order valence-electron chi connectivity index (χ0n) is 10.0. The molecule has 1 aromatic heterocycles. The normalized spacial score (nSPS) is 33.6. The number of rotatable bonds is 3. The first-order valence-corrected chi connectivity index (χ1v) is 6.10. The molecule has 2 fully saturated rings. The van der Waals surface area contributed by atoms with Crippen molar-refractivity contribution in [3.8, 4) is 5.88 Å². The summed E-state index contributed by atoms with van der Waals surface area (Å²) >= 11 is 0. The molecule has 2 aliphatic carbocycles. The van der Waals surface area contributed by atoms with Crippen molar-refractivity contribution in [1.29, 1.82) is 0 Å². The van der Waals surface area contributed by atoms with Crippen LogP contribution in [-0.2, 0) is 0 Å². The van der Waals surface area contributed by atoms with Crippen molar-refractivity contribution in [2.45, 2.75) is 37.8 Å². The highest BCUT2D eigenvalue weighted by atomic mass is 16.5. The molecule has 2 aliphatic rings. The number of nitrogens with two attached hydrogens (primary N) is 2. The molecule has 6 heteroatoms. The van der Waals surface area contributed by atoms with Crippen LogP contribution in [0.15, 0.2) is 12.5 Å². The van der Waals surface area contributed by atoms with Gasteiger partial charge in [0.15, 0.2) is 0 Å². The molecule has 0 saturated heterocycles. The lowest BCUT2D eigenvalue weighted by Gasteiger charge is -2.56. The number of ether oxygens (including phenoxy) is 1. The van der Waals surface area contributed by atoms with Crippen molar-refractivity contribution in [3.05, 3.63) is 18.1 Å². The van der Waals surface area contributed by atoms with Gasteiger partial charge in [-0.05, 0) is 31.1 Å². The maximum atomic E-state index is 11.2. The summed E-state index contributed by atoms with van der Waals surface area (Å²) in [5.41, 5.74) is 11.7. The van der Waals surface area contributed by atoms with Gasteiger partial charge >= 0.3 is 0 Å². The second-order valence-electron chi connectivity index (χ2n) is 5.42. The molecule has 96 valence electrons. The van der Waals surface area contributed by atoms with Gasteiger partial charge in [-0.3, -0.25) is 4.79 Å². The predicted octanol–water partition coefficient (Wildman–Crippen LogP) is 0.224. The molecule has 0 bridgehead atoms. The van der Waals surface area contributed by atoms with Gasteiger partial charge < -0.3 is 16.2 Å². The number of hydrogen-bond donors (Lipinski definition) is 2. The highest BCUT2D eigenvalue weighted by molar-refractivity contribution is 5.94.